The quantitative estimate of drug-likeness (QED) is 0.307. The van der Waals surface area contributed by atoms with Gasteiger partial charge >= 0.3 is 5.97 Å². The lowest BCUT2D eigenvalue weighted by molar-refractivity contribution is -0.159. The highest BCUT2D eigenvalue weighted by Gasteiger charge is 2.48. The SMILES string of the molecule is CCOC(=O)C1(CC/C=N/OC)CCCC1=O. The molecule has 0 aliphatic heterocycles. The van der Waals surface area contributed by atoms with Gasteiger partial charge in [0, 0.05) is 12.6 Å². The summed E-state index contributed by atoms with van der Waals surface area (Å²) in [7, 11) is 1.46. The molecule has 0 aromatic carbocycles. The Morgan fingerprint density at radius 2 is 2.35 bits per heavy atom. The summed E-state index contributed by atoms with van der Waals surface area (Å²) in [5, 5.41) is 3.61. The van der Waals surface area contributed by atoms with Gasteiger partial charge in [0.2, 0.25) is 0 Å². The van der Waals surface area contributed by atoms with Crippen molar-refractivity contribution in [3.8, 4) is 0 Å². The van der Waals surface area contributed by atoms with Crippen LogP contribution in [0.1, 0.15) is 39.0 Å². The predicted molar refractivity (Wildman–Crippen MR) is 62.7 cm³/mol. The van der Waals surface area contributed by atoms with Gasteiger partial charge in [0.05, 0.1) is 6.61 Å². The molecule has 1 saturated carbocycles. The fourth-order valence-electron chi connectivity index (χ4n) is 2.22. The Kier molecular flexibility index (Phi) is 5.12. The molecule has 1 fully saturated rings. The third kappa shape index (κ3) is 3.05. The Labute approximate surface area is 101 Å². The van der Waals surface area contributed by atoms with Crippen LogP contribution in [0, 0.1) is 5.41 Å². The third-order valence-electron chi connectivity index (χ3n) is 3.09. The van der Waals surface area contributed by atoms with Crippen LogP contribution in [0.4, 0.5) is 0 Å². The average molecular weight is 241 g/mol. The number of oxime groups is 1. The second kappa shape index (κ2) is 6.37. The van der Waals surface area contributed by atoms with Crippen molar-refractivity contribution in [2.75, 3.05) is 13.7 Å². The minimum absolute atomic E-state index is 0.00164. The maximum atomic E-state index is 11.9. The van der Waals surface area contributed by atoms with Gasteiger partial charge in [0.15, 0.2) is 0 Å². The molecule has 96 valence electrons. The molecular formula is C12H19NO4. The van der Waals surface area contributed by atoms with E-state index in [1.807, 2.05) is 0 Å². The summed E-state index contributed by atoms with van der Waals surface area (Å²) in [5.41, 5.74) is -0.935. The van der Waals surface area contributed by atoms with Crippen molar-refractivity contribution in [1.82, 2.24) is 0 Å². The molecule has 1 unspecified atom stereocenters. The molecule has 0 spiro atoms. The zero-order valence-corrected chi connectivity index (χ0v) is 10.4. The number of esters is 1. The highest BCUT2D eigenvalue weighted by atomic mass is 16.6. The summed E-state index contributed by atoms with van der Waals surface area (Å²) in [4.78, 5) is 28.4. The number of hydrogen-bond donors (Lipinski definition) is 0. The smallest absolute Gasteiger partial charge is 0.319 e. The minimum atomic E-state index is -0.935. The minimum Gasteiger partial charge on any atom is -0.465 e. The second-order valence-electron chi connectivity index (χ2n) is 4.09. The van der Waals surface area contributed by atoms with Gasteiger partial charge in [0.1, 0.15) is 18.3 Å². The maximum absolute atomic E-state index is 11.9. The van der Waals surface area contributed by atoms with E-state index in [-0.39, 0.29) is 11.8 Å². The molecule has 0 amide bonds. The van der Waals surface area contributed by atoms with Crippen molar-refractivity contribution < 1.29 is 19.2 Å². The van der Waals surface area contributed by atoms with Crippen LogP contribution in [0.2, 0.25) is 0 Å². The van der Waals surface area contributed by atoms with E-state index in [1.165, 1.54) is 7.11 Å². The second-order valence-corrected chi connectivity index (χ2v) is 4.09. The van der Waals surface area contributed by atoms with Crippen molar-refractivity contribution in [2.45, 2.75) is 39.0 Å². The average Bonchev–Trinajstić information content (AvgIpc) is 2.68. The molecule has 1 rings (SSSR count). The normalized spacial score (nSPS) is 24.2. The van der Waals surface area contributed by atoms with Crippen molar-refractivity contribution in [2.24, 2.45) is 10.6 Å². The first-order valence-electron chi connectivity index (χ1n) is 5.93. The first-order valence-corrected chi connectivity index (χ1v) is 5.93. The number of Topliss-reactive ketones (excluding diaryl/α,β-unsaturated/α-hetero) is 1. The van der Waals surface area contributed by atoms with Gasteiger partial charge in [-0.3, -0.25) is 9.59 Å². The van der Waals surface area contributed by atoms with Gasteiger partial charge in [-0.25, -0.2) is 0 Å². The fourth-order valence-corrected chi connectivity index (χ4v) is 2.22. The fraction of sp³-hybridized carbons (Fsp3) is 0.750. The Balaban J connectivity index is 2.69. The molecule has 0 N–H and O–H groups in total. The molecule has 0 saturated heterocycles. The summed E-state index contributed by atoms with van der Waals surface area (Å²) in [6.07, 6.45) is 4.40. The van der Waals surface area contributed by atoms with E-state index >= 15 is 0 Å². The van der Waals surface area contributed by atoms with E-state index < -0.39 is 5.41 Å². The topological polar surface area (TPSA) is 65.0 Å². The molecule has 0 heterocycles. The lowest BCUT2D eigenvalue weighted by Gasteiger charge is -2.23. The van der Waals surface area contributed by atoms with Crippen LogP contribution in [0.15, 0.2) is 5.16 Å². The van der Waals surface area contributed by atoms with Crippen LogP contribution < -0.4 is 0 Å². The van der Waals surface area contributed by atoms with Crippen LogP contribution in [-0.4, -0.2) is 31.7 Å². The molecule has 5 heteroatoms. The number of rotatable bonds is 6. The number of carbonyl (C=O) groups excluding carboxylic acids is 2. The van der Waals surface area contributed by atoms with Gasteiger partial charge in [-0.2, -0.15) is 0 Å². The molecule has 17 heavy (non-hydrogen) atoms. The Morgan fingerprint density at radius 3 is 2.88 bits per heavy atom. The lowest BCUT2D eigenvalue weighted by Crippen LogP contribution is -2.37. The highest BCUT2D eigenvalue weighted by molar-refractivity contribution is 6.05. The van der Waals surface area contributed by atoms with E-state index in [0.717, 1.165) is 6.42 Å². The molecule has 1 atom stereocenters. The van der Waals surface area contributed by atoms with E-state index in [0.29, 0.717) is 32.3 Å². The van der Waals surface area contributed by atoms with Crippen LogP contribution in [-0.2, 0) is 19.2 Å². The first kappa shape index (κ1) is 13.7. The van der Waals surface area contributed by atoms with E-state index in [4.69, 9.17) is 4.74 Å². The molecule has 0 radical (unpaired) electrons. The van der Waals surface area contributed by atoms with Gasteiger partial charge in [0.25, 0.3) is 0 Å². The zero-order chi connectivity index (χ0) is 12.7. The number of hydrogen-bond acceptors (Lipinski definition) is 5. The Bertz CT molecular complexity index is 314. The first-order chi connectivity index (χ1) is 8.17. The third-order valence-corrected chi connectivity index (χ3v) is 3.09. The van der Waals surface area contributed by atoms with E-state index in [9.17, 15) is 9.59 Å². The van der Waals surface area contributed by atoms with Gasteiger partial charge in [-0.15, -0.1) is 0 Å². The molecule has 5 nitrogen and oxygen atoms in total. The summed E-state index contributed by atoms with van der Waals surface area (Å²) in [5.74, 6) is -0.380. The van der Waals surface area contributed by atoms with Crippen molar-refractivity contribution in [3.05, 3.63) is 0 Å². The molecular weight excluding hydrogens is 222 g/mol. The highest BCUT2D eigenvalue weighted by Crippen LogP contribution is 2.40. The Hall–Kier alpha value is -1.39. The predicted octanol–water partition coefficient (Wildman–Crippen LogP) is 1.70. The summed E-state index contributed by atoms with van der Waals surface area (Å²) >= 11 is 0. The standard InChI is InChI=1S/C12H19NO4/c1-3-17-11(15)12(7-4-6-10(12)14)8-5-9-13-16-2/h9H,3-8H2,1-2H3/b13-9+. The summed E-state index contributed by atoms with van der Waals surface area (Å²) in [6.45, 7) is 2.05. The van der Waals surface area contributed by atoms with Crippen LogP contribution in [0.25, 0.3) is 0 Å². The molecule has 0 aromatic rings. The van der Waals surface area contributed by atoms with Crippen LogP contribution in [0.3, 0.4) is 0 Å². The van der Waals surface area contributed by atoms with E-state index in [1.54, 1.807) is 13.1 Å². The number of ketones is 1. The number of carbonyl (C=O) groups is 2. The molecule has 0 bridgehead atoms. The molecule has 1 aliphatic carbocycles. The van der Waals surface area contributed by atoms with Gasteiger partial charge < -0.3 is 9.57 Å². The lowest BCUT2D eigenvalue weighted by atomic mass is 9.81. The van der Waals surface area contributed by atoms with E-state index in [2.05, 4.69) is 9.99 Å². The van der Waals surface area contributed by atoms with Crippen LogP contribution in [0.5, 0.6) is 0 Å². The molecule has 0 aromatic heterocycles. The monoisotopic (exact) mass is 241 g/mol. The van der Waals surface area contributed by atoms with Crippen molar-refractivity contribution in [1.29, 1.82) is 0 Å². The largest absolute Gasteiger partial charge is 0.465 e. The summed E-state index contributed by atoms with van der Waals surface area (Å²) < 4.78 is 5.02. The zero-order valence-electron chi connectivity index (χ0n) is 10.4. The van der Waals surface area contributed by atoms with Gasteiger partial charge in [-0.1, -0.05) is 5.16 Å². The van der Waals surface area contributed by atoms with Crippen molar-refractivity contribution >= 4 is 18.0 Å². The number of ether oxygens (including phenoxy) is 1. The number of nitrogens with zero attached hydrogens (tertiary/aromatic N) is 1. The Morgan fingerprint density at radius 1 is 1.59 bits per heavy atom. The van der Waals surface area contributed by atoms with Gasteiger partial charge in [-0.05, 0) is 32.6 Å². The summed E-state index contributed by atoms with van der Waals surface area (Å²) in [6, 6.07) is 0. The van der Waals surface area contributed by atoms with Crippen LogP contribution >= 0.6 is 0 Å². The van der Waals surface area contributed by atoms with Crippen molar-refractivity contribution in [3.63, 3.8) is 0 Å². The maximum Gasteiger partial charge on any atom is 0.319 e. The molecule has 1 aliphatic rings.